The third kappa shape index (κ3) is 3.91. The summed E-state index contributed by atoms with van der Waals surface area (Å²) < 4.78 is 0. The standard InChI is InChI=1S/C21H30N4/c1-23-12-14-25(15-13-23)21-5-3-2-4-20(21)17-24-10-7-18(8-11-24)19-6-9-22-16-19/h2-6,9,16,18,22H,7-8,10-15,17H2,1H3. The number of benzene rings is 1. The van der Waals surface area contributed by atoms with Crippen molar-refractivity contribution in [2.45, 2.75) is 25.3 Å². The number of hydrogen-bond acceptors (Lipinski definition) is 3. The van der Waals surface area contributed by atoms with Gasteiger partial charge in [0.05, 0.1) is 0 Å². The Bertz CT molecular complexity index is 650. The number of likely N-dealkylation sites (N-methyl/N-ethyl adjacent to an activating group) is 1. The summed E-state index contributed by atoms with van der Waals surface area (Å²) in [5.74, 6) is 0.732. The second kappa shape index (κ2) is 7.63. The number of likely N-dealkylation sites (tertiary alicyclic amines) is 1. The average molecular weight is 338 g/mol. The van der Waals surface area contributed by atoms with E-state index in [-0.39, 0.29) is 0 Å². The lowest BCUT2D eigenvalue weighted by atomic mass is 9.91. The molecule has 4 rings (SSSR count). The molecule has 0 atom stereocenters. The molecule has 2 fully saturated rings. The van der Waals surface area contributed by atoms with Gasteiger partial charge < -0.3 is 14.8 Å². The summed E-state index contributed by atoms with van der Waals surface area (Å²) in [5, 5.41) is 0. The molecule has 2 aromatic rings. The van der Waals surface area contributed by atoms with Gasteiger partial charge in [0.1, 0.15) is 0 Å². The molecular weight excluding hydrogens is 308 g/mol. The number of piperazine rings is 1. The van der Waals surface area contributed by atoms with Crippen molar-refractivity contribution in [3.63, 3.8) is 0 Å². The van der Waals surface area contributed by atoms with E-state index in [1.165, 1.54) is 42.7 Å². The summed E-state index contributed by atoms with van der Waals surface area (Å²) >= 11 is 0. The van der Waals surface area contributed by atoms with E-state index < -0.39 is 0 Å². The fourth-order valence-electron chi connectivity index (χ4n) is 4.26. The predicted molar refractivity (Wildman–Crippen MR) is 104 cm³/mol. The van der Waals surface area contributed by atoms with E-state index in [9.17, 15) is 0 Å². The van der Waals surface area contributed by atoms with Crippen LogP contribution in [0, 0.1) is 0 Å². The SMILES string of the molecule is CN1CCN(c2ccccc2CN2CCC(c3cc[nH]c3)CC2)CC1. The van der Waals surface area contributed by atoms with Crippen molar-refractivity contribution in [1.82, 2.24) is 14.8 Å². The first kappa shape index (κ1) is 16.7. The lowest BCUT2D eigenvalue weighted by Gasteiger charge is -2.37. The van der Waals surface area contributed by atoms with Crippen LogP contribution in [0.5, 0.6) is 0 Å². The van der Waals surface area contributed by atoms with Crippen molar-refractivity contribution in [2.24, 2.45) is 0 Å². The summed E-state index contributed by atoms with van der Waals surface area (Å²) in [6.07, 6.45) is 6.76. The van der Waals surface area contributed by atoms with Crippen LogP contribution in [0.1, 0.15) is 29.9 Å². The van der Waals surface area contributed by atoms with E-state index in [0.717, 1.165) is 38.6 Å². The molecule has 2 aliphatic rings. The monoisotopic (exact) mass is 338 g/mol. The largest absolute Gasteiger partial charge is 0.369 e. The highest BCUT2D eigenvalue weighted by Gasteiger charge is 2.22. The van der Waals surface area contributed by atoms with Gasteiger partial charge in [-0.05, 0) is 62.2 Å². The van der Waals surface area contributed by atoms with Gasteiger partial charge in [-0.1, -0.05) is 18.2 Å². The summed E-state index contributed by atoms with van der Waals surface area (Å²) in [7, 11) is 2.22. The van der Waals surface area contributed by atoms with Crippen molar-refractivity contribution in [3.05, 3.63) is 53.9 Å². The smallest absolute Gasteiger partial charge is 0.0412 e. The maximum Gasteiger partial charge on any atom is 0.0412 e. The van der Waals surface area contributed by atoms with Crippen LogP contribution >= 0.6 is 0 Å². The quantitative estimate of drug-likeness (QED) is 0.927. The number of rotatable bonds is 4. The molecule has 1 aromatic heterocycles. The molecule has 25 heavy (non-hydrogen) atoms. The van der Waals surface area contributed by atoms with Crippen LogP contribution in [0.25, 0.3) is 0 Å². The minimum Gasteiger partial charge on any atom is -0.369 e. The van der Waals surface area contributed by atoms with E-state index in [0.29, 0.717) is 0 Å². The Kier molecular flexibility index (Phi) is 5.09. The molecule has 0 spiro atoms. The molecule has 134 valence electrons. The molecule has 1 N–H and O–H groups in total. The average Bonchev–Trinajstić information content (AvgIpc) is 3.18. The van der Waals surface area contributed by atoms with Crippen LogP contribution < -0.4 is 4.90 Å². The van der Waals surface area contributed by atoms with Gasteiger partial charge in [0.25, 0.3) is 0 Å². The zero-order valence-electron chi connectivity index (χ0n) is 15.3. The highest BCUT2D eigenvalue weighted by Crippen LogP contribution is 2.30. The van der Waals surface area contributed by atoms with E-state index in [1.54, 1.807) is 0 Å². The highest BCUT2D eigenvalue weighted by molar-refractivity contribution is 5.54. The van der Waals surface area contributed by atoms with Crippen molar-refractivity contribution in [2.75, 3.05) is 51.2 Å². The topological polar surface area (TPSA) is 25.5 Å². The Morgan fingerprint density at radius 3 is 2.44 bits per heavy atom. The van der Waals surface area contributed by atoms with Gasteiger partial charge in [-0.2, -0.15) is 0 Å². The number of aromatic amines is 1. The molecule has 2 aliphatic heterocycles. The highest BCUT2D eigenvalue weighted by atomic mass is 15.3. The summed E-state index contributed by atoms with van der Waals surface area (Å²) in [4.78, 5) is 10.8. The Morgan fingerprint density at radius 1 is 0.960 bits per heavy atom. The number of H-pyrrole nitrogens is 1. The van der Waals surface area contributed by atoms with Gasteiger partial charge in [-0.3, -0.25) is 4.90 Å². The second-order valence-corrected chi connectivity index (χ2v) is 7.61. The van der Waals surface area contributed by atoms with Crippen LogP contribution in [0.15, 0.2) is 42.7 Å². The van der Waals surface area contributed by atoms with Gasteiger partial charge in [-0.15, -0.1) is 0 Å². The van der Waals surface area contributed by atoms with Gasteiger partial charge in [-0.25, -0.2) is 0 Å². The molecule has 0 amide bonds. The van der Waals surface area contributed by atoms with E-state index in [1.807, 2.05) is 6.20 Å². The summed E-state index contributed by atoms with van der Waals surface area (Å²) in [6.45, 7) is 8.10. The first-order chi connectivity index (χ1) is 12.3. The molecule has 0 saturated carbocycles. The number of hydrogen-bond donors (Lipinski definition) is 1. The van der Waals surface area contributed by atoms with Crippen molar-refractivity contribution < 1.29 is 0 Å². The van der Waals surface area contributed by atoms with Crippen LogP contribution in [-0.2, 0) is 6.54 Å². The minimum absolute atomic E-state index is 0.732. The Hall–Kier alpha value is -1.78. The molecule has 1 aromatic carbocycles. The Balaban J connectivity index is 1.38. The number of nitrogens with zero attached hydrogens (tertiary/aromatic N) is 3. The molecule has 2 saturated heterocycles. The molecule has 3 heterocycles. The van der Waals surface area contributed by atoms with Gasteiger partial charge >= 0.3 is 0 Å². The lowest BCUT2D eigenvalue weighted by Crippen LogP contribution is -2.45. The molecule has 0 unspecified atom stereocenters. The second-order valence-electron chi connectivity index (χ2n) is 7.61. The molecule has 4 nitrogen and oxygen atoms in total. The normalized spacial score (nSPS) is 20.9. The molecule has 0 bridgehead atoms. The first-order valence-electron chi connectivity index (χ1n) is 9.66. The Labute approximate surface area is 151 Å². The van der Waals surface area contributed by atoms with Gasteiger partial charge in [0, 0.05) is 50.8 Å². The van der Waals surface area contributed by atoms with Crippen LogP contribution in [-0.4, -0.2) is 61.1 Å². The Morgan fingerprint density at radius 2 is 1.72 bits per heavy atom. The minimum atomic E-state index is 0.732. The van der Waals surface area contributed by atoms with Crippen LogP contribution in [0.3, 0.4) is 0 Å². The van der Waals surface area contributed by atoms with Crippen molar-refractivity contribution >= 4 is 5.69 Å². The van der Waals surface area contributed by atoms with Crippen molar-refractivity contribution in [3.8, 4) is 0 Å². The number of aromatic nitrogens is 1. The predicted octanol–water partition coefficient (Wildman–Crippen LogP) is 3.15. The zero-order chi connectivity index (χ0) is 17.1. The number of nitrogens with one attached hydrogen (secondary N) is 1. The maximum atomic E-state index is 3.20. The van der Waals surface area contributed by atoms with E-state index in [2.05, 4.69) is 63.3 Å². The molecular formula is C21H30N4. The fourth-order valence-corrected chi connectivity index (χ4v) is 4.26. The number of para-hydroxylation sites is 1. The van der Waals surface area contributed by atoms with Crippen molar-refractivity contribution in [1.29, 1.82) is 0 Å². The van der Waals surface area contributed by atoms with Gasteiger partial charge in [0.15, 0.2) is 0 Å². The number of piperidine rings is 1. The maximum absolute atomic E-state index is 3.20. The van der Waals surface area contributed by atoms with Crippen LogP contribution in [0.4, 0.5) is 5.69 Å². The zero-order valence-corrected chi connectivity index (χ0v) is 15.3. The van der Waals surface area contributed by atoms with Crippen LogP contribution in [0.2, 0.25) is 0 Å². The van der Waals surface area contributed by atoms with E-state index in [4.69, 9.17) is 0 Å². The lowest BCUT2D eigenvalue weighted by molar-refractivity contribution is 0.204. The molecule has 0 aliphatic carbocycles. The molecule has 4 heteroatoms. The summed E-state index contributed by atoms with van der Waals surface area (Å²) in [5.41, 5.74) is 4.42. The number of anilines is 1. The fraction of sp³-hybridized carbons (Fsp3) is 0.524. The third-order valence-corrected chi connectivity index (χ3v) is 5.91. The first-order valence-corrected chi connectivity index (χ1v) is 9.66. The van der Waals surface area contributed by atoms with E-state index >= 15 is 0 Å². The van der Waals surface area contributed by atoms with Gasteiger partial charge in [0.2, 0.25) is 0 Å². The summed E-state index contributed by atoms with van der Waals surface area (Å²) in [6, 6.07) is 11.3. The molecule has 0 radical (unpaired) electrons. The third-order valence-electron chi connectivity index (χ3n) is 5.91.